The molecule has 4 rings (SSSR count). The maximum Gasteiger partial charge on any atom is 0.253 e. The van der Waals surface area contributed by atoms with Crippen LogP contribution in [0.15, 0.2) is 54.9 Å². The van der Waals surface area contributed by atoms with Gasteiger partial charge in [-0.3, -0.25) is 19.4 Å². The van der Waals surface area contributed by atoms with E-state index in [1.54, 1.807) is 30.5 Å². The van der Waals surface area contributed by atoms with Crippen LogP contribution in [0.2, 0.25) is 0 Å². The molecule has 0 spiro atoms. The number of aryl methyl sites for hydroxylation is 1. The fourth-order valence-corrected chi connectivity index (χ4v) is 3.64. The predicted molar refractivity (Wildman–Crippen MR) is 109 cm³/mol. The zero-order valence-corrected chi connectivity index (χ0v) is 16.4. The van der Waals surface area contributed by atoms with E-state index in [1.165, 1.54) is 17.8 Å². The summed E-state index contributed by atoms with van der Waals surface area (Å²) in [7, 11) is 1.95. The second-order valence-electron chi connectivity index (χ2n) is 7.41. The number of nitrogens with zero attached hydrogens (tertiary/aromatic N) is 4. The van der Waals surface area contributed by atoms with Crippen LogP contribution in [0.1, 0.15) is 28.9 Å². The molecule has 1 amide bonds. The number of benzene rings is 1. The normalized spacial score (nSPS) is 15.4. The Morgan fingerprint density at radius 2 is 2.03 bits per heavy atom. The fourth-order valence-electron chi connectivity index (χ4n) is 3.64. The highest BCUT2D eigenvalue weighted by Gasteiger charge is 2.22. The molecule has 0 bridgehead atoms. The Labute approximate surface area is 169 Å². The summed E-state index contributed by atoms with van der Waals surface area (Å²) in [5.74, 6) is -0.422. The molecular weight excluding hydrogens is 369 g/mol. The second kappa shape index (κ2) is 8.53. The molecule has 29 heavy (non-hydrogen) atoms. The molecule has 150 valence electrons. The third-order valence-corrected chi connectivity index (χ3v) is 5.38. The monoisotopic (exact) mass is 393 g/mol. The van der Waals surface area contributed by atoms with Crippen molar-refractivity contribution in [3.63, 3.8) is 0 Å². The summed E-state index contributed by atoms with van der Waals surface area (Å²) in [6, 6.07) is 12.0. The van der Waals surface area contributed by atoms with Gasteiger partial charge in [-0.15, -0.1) is 0 Å². The number of likely N-dealkylation sites (tertiary alicyclic amines) is 1. The van der Waals surface area contributed by atoms with Gasteiger partial charge < -0.3 is 5.32 Å². The maximum atomic E-state index is 13.4. The molecule has 6 nitrogen and oxygen atoms in total. The number of piperidine rings is 1. The number of pyridine rings is 1. The minimum Gasteiger partial charge on any atom is -0.349 e. The van der Waals surface area contributed by atoms with Crippen molar-refractivity contribution in [2.24, 2.45) is 7.05 Å². The van der Waals surface area contributed by atoms with Crippen LogP contribution in [0, 0.1) is 5.82 Å². The Balaban J connectivity index is 1.30. The zero-order valence-electron chi connectivity index (χ0n) is 16.4. The number of nitrogens with one attached hydrogen (secondary N) is 1. The molecule has 1 aliphatic rings. The van der Waals surface area contributed by atoms with Gasteiger partial charge in [0.1, 0.15) is 5.82 Å². The highest BCUT2D eigenvalue weighted by molar-refractivity contribution is 5.94. The van der Waals surface area contributed by atoms with Gasteiger partial charge in [-0.1, -0.05) is 12.1 Å². The molecule has 3 aromatic rings. The van der Waals surface area contributed by atoms with Crippen molar-refractivity contribution in [2.75, 3.05) is 13.1 Å². The van der Waals surface area contributed by atoms with Gasteiger partial charge >= 0.3 is 0 Å². The van der Waals surface area contributed by atoms with Crippen molar-refractivity contribution in [1.82, 2.24) is 25.0 Å². The number of carbonyl (C=O) groups is 1. The molecule has 0 unspecified atom stereocenters. The van der Waals surface area contributed by atoms with Crippen molar-refractivity contribution < 1.29 is 9.18 Å². The van der Waals surface area contributed by atoms with E-state index in [-0.39, 0.29) is 17.8 Å². The third kappa shape index (κ3) is 4.68. The quantitative estimate of drug-likeness (QED) is 0.724. The van der Waals surface area contributed by atoms with Crippen molar-refractivity contribution in [1.29, 1.82) is 0 Å². The first-order valence-electron chi connectivity index (χ1n) is 9.80. The zero-order chi connectivity index (χ0) is 20.2. The summed E-state index contributed by atoms with van der Waals surface area (Å²) in [6.45, 7) is 2.75. The van der Waals surface area contributed by atoms with Crippen molar-refractivity contribution in [3.05, 3.63) is 71.9 Å². The second-order valence-corrected chi connectivity index (χ2v) is 7.41. The minimum atomic E-state index is -0.305. The van der Waals surface area contributed by atoms with Crippen LogP contribution in [0.3, 0.4) is 0 Å². The molecule has 1 saturated heterocycles. The van der Waals surface area contributed by atoms with Crippen LogP contribution < -0.4 is 5.32 Å². The van der Waals surface area contributed by atoms with Crippen molar-refractivity contribution >= 4 is 5.91 Å². The molecule has 0 radical (unpaired) electrons. The Morgan fingerprint density at radius 1 is 1.21 bits per heavy atom. The first kappa shape index (κ1) is 19.3. The number of carbonyl (C=O) groups excluding carboxylic acids is 1. The van der Waals surface area contributed by atoms with Gasteiger partial charge in [-0.2, -0.15) is 5.10 Å². The first-order chi connectivity index (χ1) is 14.1. The molecule has 1 fully saturated rings. The summed E-state index contributed by atoms with van der Waals surface area (Å²) >= 11 is 0. The number of halogens is 1. The lowest BCUT2D eigenvalue weighted by Gasteiger charge is -2.32. The van der Waals surface area contributed by atoms with E-state index in [1.807, 2.05) is 24.0 Å². The molecule has 1 N–H and O–H groups in total. The standard InChI is InChI=1S/C22H24FN5O/c1-27-20(7-10-25-27)15-28-11-8-19(9-12-28)26-22(29)17-5-6-21(24-14-17)16-3-2-4-18(23)13-16/h2-7,10,13-14,19H,8-9,11-12,15H2,1H3,(H,26,29). The number of rotatable bonds is 5. The average molecular weight is 393 g/mol. The Morgan fingerprint density at radius 3 is 2.69 bits per heavy atom. The number of amides is 1. The Bertz CT molecular complexity index is 977. The van der Waals surface area contributed by atoms with E-state index in [0.717, 1.165) is 32.5 Å². The summed E-state index contributed by atoms with van der Waals surface area (Å²) in [5.41, 5.74) is 3.04. The first-order valence-corrected chi connectivity index (χ1v) is 9.80. The highest BCUT2D eigenvalue weighted by atomic mass is 19.1. The van der Waals surface area contributed by atoms with Gasteiger partial charge in [0.2, 0.25) is 0 Å². The molecule has 0 atom stereocenters. The number of aromatic nitrogens is 3. The molecule has 7 heteroatoms. The Kier molecular flexibility index (Phi) is 5.67. The average Bonchev–Trinajstić information content (AvgIpc) is 3.14. The largest absolute Gasteiger partial charge is 0.349 e. The van der Waals surface area contributed by atoms with E-state index in [2.05, 4.69) is 20.3 Å². The highest BCUT2D eigenvalue weighted by Crippen LogP contribution is 2.18. The van der Waals surface area contributed by atoms with Gasteiger partial charge in [-0.25, -0.2) is 4.39 Å². The van der Waals surface area contributed by atoms with Crippen LogP contribution in [0.5, 0.6) is 0 Å². The molecule has 1 aromatic carbocycles. The maximum absolute atomic E-state index is 13.4. The van der Waals surface area contributed by atoms with E-state index in [0.29, 0.717) is 16.8 Å². The van der Waals surface area contributed by atoms with Gasteiger partial charge in [0.15, 0.2) is 0 Å². The Hall–Kier alpha value is -3.06. The lowest BCUT2D eigenvalue weighted by Crippen LogP contribution is -2.44. The number of hydrogen-bond donors (Lipinski definition) is 1. The molecule has 3 heterocycles. The van der Waals surface area contributed by atoms with Crippen molar-refractivity contribution in [3.8, 4) is 11.3 Å². The van der Waals surface area contributed by atoms with Gasteiger partial charge in [0.05, 0.1) is 17.0 Å². The molecule has 1 aliphatic heterocycles. The van der Waals surface area contributed by atoms with Gasteiger partial charge in [-0.05, 0) is 43.2 Å². The lowest BCUT2D eigenvalue weighted by atomic mass is 10.0. The van der Waals surface area contributed by atoms with E-state index in [9.17, 15) is 9.18 Å². The number of hydrogen-bond acceptors (Lipinski definition) is 4. The minimum absolute atomic E-state index is 0.117. The van der Waals surface area contributed by atoms with Crippen LogP contribution in [-0.4, -0.2) is 44.7 Å². The SMILES string of the molecule is Cn1nccc1CN1CCC(NC(=O)c2ccc(-c3cccc(F)c3)nc2)CC1. The predicted octanol–water partition coefficient (Wildman–Crippen LogP) is 3.02. The van der Waals surface area contributed by atoms with Crippen LogP contribution in [-0.2, 0) is 13.6 Å². The third-order valence-electron chi connectivity index (χ3n) is 5.38. The van der Waals surface area contributed by atoms with E-state index < -0.39 is 0 Å². The van der Waals surface area contributed by atoms with Crippen LogP contribution in [0.25, 0.3) is 11.3 Å². The smallest absolute Gasteiger partial charge is 0.253 e. The summed E-state index contributed by atoms with van der Waals surface area (Å²) < 4.78 is 15.3. The molecule has 0 aliphatic carbocycles. The van der Waals surface area contributed by atoms with E-state index >= 15 is 0 Å². The van der Waals surface area contributed by atoms with Crippen LogP contribution in [0.4, 0.5) is 4.39 Å². The molecule has 2 aromatic heterocycles. The molecule has 0 saturated carbocycles. The van der Waals surface area contributed by atoms with Crippen LogP contribution >= 0.6 is 0 Å². The van der Waals surface area contributed by atoms with E-state index in [4.69, 9.17) is 0 Å². The summed E-state index contributed by atoms with van der Waals surface area (Å²) in [5, 5.41) is 7.32. The van der Waals surface area contributed by atoms with Crippen molar-refractivity contribution in [2.45, 2.75) is 25.4 Å². The van der Waals surface area contributed by atoms with Gasteiger partial charge in [0.25, 0.3) is 5.91 Å². The molecular formula is C22H24FN5O. The van der Waals surface area contributed by atoms with Gasteiger partial charge in [0, 0.05) is 50.7 Å². The fraction of sp³-hybridized carbons (Fsp3) is 0.318. The summed E-state index contributed by atoms with van der Waals surface area (Å²) in [4.78, 5) is 19.3. The summed E-state index contributed by atoms with van der Waals surface area (Å²) in [6.07, 6.45) is 5.19. The topological polar surface area (TPSA) is 63.1 Å². The lowest BCUT2D eigenvalue weighted by molar-refractivity contribution is 0.0908.